The lowest BCUT2D eigenvalue weighted by Crippen LogP contribution is -2.29. The third kappa shape index (κ3) is 4.05. The van der Waals surface area contributed by atoms with E-state index in [0.29, 0.717) is 17.1 Å². The van der Waals surface area contributed by atoms with Gasteiger partial charge in [-0.25, -0.2) is 9.97 Å². The van der Waals surface area contributed by atoms with Crippen molar-refractivity contribution in [1.82, 2.24) is 14.9 Å². The van der Waals surface area contributed by atoms with E-state index in [4.69, 9.17) is 11.6 Å². The Labute approximate surface area is 120 Å². The SMILES string of the molecule is CCc1nc(Cl)cc(NCC2CCN(C(C)C)C2)n1. The zero-order valence-electron chi connectivity index (χ0n) is 12.0. The topological polar surface area (TPSA) is 41.1 Å². The van der Waals surface area contributed by atoms with Gasteiger partial charge in [0.15, 0.2) is 0 Å². The lowest BCUT2D eigenvalue weighted by atomic mass is 10.1. The van der Waals surface area contributed by atoms with Gasteiger partial charge < -0.3 is 10.2 Å². The molecule has 1 aliphatic heterocycles. The average Bonchev–Trinajstić information content (AvgIpc) is 2.84. The highest BCUT2D eigenvalue weighted by Gasteiger charge is 2.23. The number of aryl methyl sites for hydroxylation is 1. The standard InChI is InChI=1S/C14H23ClN4/c1-4-13-17-12(15)7-14(18-13)16-8-11-5-6-19(9-11)10(2)3/h7,10-11H,4-6,8-9H2,1-3H3,(H,16,17,18). The van der Waals surface area contributed by atoms with Gasteiger partial charge in [0.1, 0.15) is 16.8 Å². The Kier molecular flexibility index (Phi) is 4.99. The van der Waals surface area contributed by atoms with E-state index in [1.807, 2.05) is 6.92 Å². The number of likely N-dealkylation sites (tertiary alicyclic amines) is 1. The third-order valence-corrected chi connectivity index (χ3v) is 3.87. The lowest BCUT2D eigenvalue weighted by Gasteiger charge is -2.20. The fourth-order valence-corrected chi connectivity index (χ4v) is 2.66. The zero-order chi connectivity index (χ0) is 13.8. The van der Waals surface area contributed by atoms with Crippen molar-refractivity contribution in [2.24, 2.45) is 5.92 Å². The Morgan fingerprint density at radius 3 is 2.89 bits per heavy atom. The summed E-state index contributed by atoms with van der Waals surface area (Å²) < 4.78 is 0. The fraction of sp³-hybridized carbons (Fsp3) is 0.714. The van der Waals surface area contributed by atoms with E-state index in [1.54, 1.807) is 6.07 Å². The third-order valence-electron chi connectivity index (χ3n) is 3.68. The van der Waals surface area contributed by atoms with E-state index in [9.17, 15) is 0 Å². The molecule has 1 fully saturated rings. The quantitative estimate of drug-likeness (QED) is 0.843. The average molecular weight is 283 g/mol. The highest BCUT2D eigenvalue weighted by Crippen LogP contribution is 2.19. The van der Waals surface area contributed by atoms with Gasteiger partial charge in [0, 0.05) is 31.6 Å². The summed E-state index contributed by atoms with van der Waals surface area (Å²) in [6.07, 6.45) is 2.06. The van der Waals surface area contributed by atoms with E-state index in [-0.39, 0.29) is 0 Å². The van der Waals surface area contributed by atoms with Crippen molar-refractivity contribution >= 4 is 17.4 Å². The molecule has 0 aromatic carbocycles. The molecule has 2 heterocycles. The summed E-state index contributed by atoms with van der Waals surface area (Å²) in [6.45, 7) is 9.88. The number of nitrogens with zero attached hydrogens (tertiary/aromatic N) is 3. The molecule has 1 N–H and O–H groups in total. The fourth-order valence-electron chi connectivity index (χ4n) is 2.46. The highest BCUT2D eigenvalue weighted by molar-refractivity contribution is 6.29. The molecule has 1 aromatic rings. The van der Waals surface area contributed by atoms with Crippen LogP contribution in [0.1, 0.15) is 33.0 Å². The number of rotatable bonds is 5. The summed E-state index contributed by atoms with van der Waals surface area (Å²) in [7, 11) is 0. The van der Waals surface area contributed by atoms with Crippen LogP contribution in [0.25, 0.3) is 0 Å². The van der Waals surface area contributed by atoms with Crippen LogP contribution in [-0.2, 0) is 6.42 Å². The lowest BCUT2D eigenvalue weighted by molar-refractivity contribution is 0.266. The van der Waals surface area contributed by atoms with E-state index in [0.717, 1.165) is 24.6 Å². The van der Waals surface area contributed by atoms with Gasteiger partial charge in [-0.15, -0.1) is 0 Å². The minimum atomic E-state index is 0.518. The smallest absolute Gasteiger partial charge is 0.134 e. The Balaban J connectivity index is 1.87. The monoisotopic (exact) mass is 282 g/mol. The largest absolute Gasteiger partial charge is 0.370 e. The van der Waals surface area contributed by atoms with Crippen LogP contribution in [0.15, 0.2) is 6.07 Å². The molecule has 0 aliphatic carbocycles. The van der Waals surface area contributed by atoms with E-state index in [1.165, 1.54) is 19.5 Å². The van der Waals surface area contributed by atoms with Gasteiger partial charge in [-0.2, -0.15) is 0 Å². The summed E-state index contributed by atoms with van der Waals surface area (Å²) in [6, 6.07) is 2.45. The second kappa shape index (κ2) is 6.53. The molecule has 106 valence electrons. The van der Waals surface area contributed by atoms with Crippen LogP contribution in [0.2, 0.25) is 5.15 Å². The molecule has 4 nitrogen and oxygen atoms in total. The first-order chi connectivity index (χ1) is 9.08. The molecule has 0 spiro atoms. The van der Waals surface area contributed by atoms with Gasteiger partial charge in [0.25, 0.3) is 0 Å². The molecular weight excluding hydrogens is 260 g/mol. The second-order valence-electron chi connectivity index (χ2n) is 5.47. The second-order valence-corrected chi connectivity index (χ2v) is 5.86. The Hall–Kier alpha value is -0.870. The minimum Gasteiger partial charge on any atom is -0.370 e. The van der Waals surface area contributed by atoms with Crippen LogP contribution in [-0.4, -0.2) is 40.5 Å². The summed E-state index contributed by atoms with van der Waals surface area (Å²) in [4.78, 5) is 11.1. The van der Waals surface area contributed by atoms with Crippen molar-refractivity contribution in [3.63, 3.8) is 0 Å². The van der Waals surface area contributed by atoms with Gasteiger partial charge >= 0.3 is 0 Å². The molecule has 0 bridgehead atoms. The molecule has 1 saturated heterocycles. The van der Waals surface area contributed by atoms with Crippen molar-refractivity contribution in [2.75, 3.05) is 25.0 Å². The van der Waals surface area contributed by atoms with Crippen LogP contribution in [0.5, 0.6) is 0 Å². The van der Waals surface area contributed by atoms with Gasteiger partial charge in [-0.3, -0.25) is 0 Å². The first-order valence-corrected chi connectivity index (χ1v) is 7.47. The number of halogens is 1. The Morgan fingerprint density at radius 1 is 1.47 bits per heavy atom. The van der Waals surface area contributed by atoms with Gasteiger partial charge in [-0.1, -0.05) is 18.5 Å². The molecule has 2 rings (SSSR count). The number of hydrogen-bond acceptors (Lipinski definition) is 4. The maximum absolute atomic E-state index is 5.99. The summed E-state index contributed by atoms with van der Waals surface area (Å²) in [5.41, 5.74) is 0. The zero-order valence-corrected chi connectivity index (χ0v) is 12.7. The maximum Gasteiger partial charge on any atom is 0.134 e. The van der Waals surface area contributed by atoms with Crippen molar-refractivity contribution in [3.8, 4) is 0 Å². The van der Waals surface area contributed by atoms with Crippen molar-refractivity contribution < 1.29 is 0 Å². The molecule has 19 heavy (non-hydrogen) atoms. The summed E-state index contributed by atoms with van der Waals surface area (Å²) in [5.74, 6) is 2.34. The van der Waals surface area contributed by atoms with Crippen molar-refractivity contribution in [3.05, 3.63) is 17.0 Å². The number of aromatic nitrogens is 2. The van der Waals surface area contributed by atoms with E-state index in [2.05, 4.69) is 34.0 Å². The van der Waals surface area contributed by atoms with Gasteiger partial charge in [-0.05, 0) is 32.7 Å². The maximum atomic E-state index is 5.99. The molecule has 1 aliphatic rings. The molecule has 5 heteroatoms. The molecule has 1 unspecified atom stereocenters. The van der Waals surface area contributed by atoms with Crippen LogP contribution < -0.4 is 5.32 Å². The van der Waals surface area contributed by atoms with Crippen LogP contribution in [0.4, 0.5) is 5.82 Å². The first kappa shape index (κ1) is 14.5. The molecule has 0 saturated carbocycles. The van der Waals surface area contributed by atoms with Crippen LogP contribution in [0.3, 0.4) is 0 Å². The predicted molar refractivity (Wildman–Crippen MR) is 79.7 cm³/mol. The normalized spacial score (nSPS) is 20.2. The first-order valence-electron chi connectivity index (χ1n) is 7.10. The minimum absolute atomic E-state index is 0.518. The highest BCUT2D eigenvalue weighted by atomic mass is 35.5. The molecule has 0 amide bonds. The van der Waals surface area contributed by atoms with Crippen molar-refractivity contribution in [1.29, 1.82) is 0 Å². The van der Waals surface area contributed by atoms with Crippen LogP contribution >= 0.6 is 11.6 Å². The summed E-state index contributed by atoms with van der Waals surface area (Å²) >= 11 is 5.99. The predicted octanol–water partition coefficient (Wildman–Crippen LogP) is 2.83. The van der Waals surface area contributed by atoms with Gasteiger partial charge in [0.05, 0.1) is 0 Å². The number of nitrogens with one attached hydrogen (secondary N) is 1. The summed E-state index contributed by atoms with van der Waals surface area (Å²) in [5, 5.41) is 3.92. The molecule has 1 aromatic heterocycles. The Bertz CT molecular complexity index is 422. The molecule has 1 atom stereocenters. The van der Waals surface area contributed by atoms with E-state index < -0.39 is 0 Å². The van der Waals surface area contributed by atoms with Crippen LogP contribution in [0, 0.1) is 5.92 Å². The Morgan fingerprint density at radius 2 is 2.26 bits per heavy atom. The number of hydrogen-bond donors (Lipinski definition) is 1. The van der Waals surface area contributed by atoms with E-state index >= 15 is 0 Å². The van der Waals surface area contributed by atoms with Gasteiger partial charge in [0.2, 0.25) is 0 Å². The molecule has 0 radical (unpaired) electrons. The number of anilines is 1. The molecular formula is C14H23ClN4. The van der Waals surface area contributed by atoms with Crippen molar-refractivity contribution in [2.45, 2.75) is 39.7 Å².